The third kappa shape index (κ3) is 14.0. The molecule has 0 aromatic rings. The van der Waals surface area contributed by atoms with Gasteiger partial charge in [0.2, 0.25) is 0 Å². The van der Waals surface area contributed by atoms with Gasteiger partial charge in [-0.3, -0.25) is 4.79 Å². The van der Waals surface area contributed by atoms with Gasteiger partial charge in [0.05, 0.1) is 52.7 Å². The van der Waals surface area contributed by atoms with Crippen LogP contribution in [0.25, 0.3) is 0 Å². The second kappa shape index (κ2) is 18.9. The number of carboxylic acid groups (broad SMARTS) is 1. The van der Waals surface area contributed by atoms with Crippen molar-refractivity contribution in [2.45, 2.75) is 32.1 Å². The third-order valence-corrected chi connectivity index (χ3v) is 4.61. The molecule has 28 heavy (non-hydrogen) atoms. The van der Waals surface area contributed by atoms with Crippen LogP contribution in [0.5, 0.6) is 0 Å². The summed E-state index contributed by atoms with van der Waals surface area (Å²) in [4.78, 5) is 10.1. The molecule has 2 unspecified atom stereocenters. The number of hydrogen-bond acceptors (Lipinski definition) is 7. The van der Waals surface area contributed by atoms with Crippen molar-refractivity contribution in [1.29, 1.82) is 0 Å². The number of hydrogen-bond donors (Lipinski definition) is 4. The van der Waals surface area contributed by atoms with Gasteiger partial charge in [0, 0.05) is 52.1 Å². The summed E-state index contributed by atoms with van der Waals surface area (Å²) < 4.78 is 15.0. The molecule has 2 rings (SSSR count). The Labute approximate surface area is 192 Å². The fourth-order valence-corrected chi connectivity index (χ4v) is 3.21. The van der Waals surface area contributed by atoms with E-state index in [1.54, 1.807) is 0 Å². The molecule has 0 bridgehead atoms. The number of nitrogens with one attached hydrogen (secondary N) is 1. The SMILES string of the molecule is O=C(O)CCOCCOCCOCCO.ONCC1C2CCC#CCCC21.[Y]. The molecule has 1 saturated carbocycles. The summed E-state index contributed by atoms with van der Waals surface area (Å²) >= 11 is 0. The molecule has 0 aliphatic heterocycles. The molecule has 0 aromatic carbocycles. The summed E-state index contributed by atoms with van der Waals surface area (Å²) in [5.41, 5.74) is 2.29. The minimum atomic E-state index is -0.867. The van der Waals surface area contributed by atoms with Gasteiger partial charge in [-0.1, -0.05) is 0 Å². The number of rotatable bonds is 13. The van der Waals surface area contributed by atoms with Crippen molar-refractivity contribution in [1.82, 2.24) is 5.48 Å². The van der Waals surface area contributed by atoms with Gasteiger partial charge in [0.1, 0.15) is 0 Å². The van der Waals surface area contributed by atoms with E-state index in [0.29, 0.717) is 33.0 Å². The predicted octanol–water partition coefficient (Wildman–Crippen LogP) is 0.906. The van der Waals surface area contributed by atoms with Crippen LogP contribution in [0, 0.1) is 29.6 Å². The number of fused-ring (bicyclic) bond motifs is 1. The average molecular weight is 476 g/mol. The normalized spacial score (nSPS) is 22.1. The summed E-state index contributed by atoms with van der Waals surface area (Å²) in [5.74, 6) is 7.89. The van der Waals surface area contributed by atoms with Crippen LogP contribution in [0.1, 0.15) is 32.1 Å². The topological polar surface area (TPSA) is 117 Å². The van der Waals surface area contributed by atoms with Gasteiger partial charge >= 0.3 is 5.97 Å². The first kappa shape index (κ1) is 27.9. The van der Waals surface area contributed by atoms with E-state index in [0.717, 1.165) is 37.1 Å². The van der Waals surface area contributed by atoms with Crippen molar-refractivity contribution in [3.05, 3.63) is 0 Å². The van der Waals surface area contributed by atoms with Crippen LogP contribution in [0.15, 0.2) is 0 Å². The Kier molecular flexibility index (Phi) is 18.8. The minimum Gasteiger partial charge on any atom is -0.481 e. The largest absolute Gasteiger partial charge is 0.481 e. The Bertz CT molecular complexity index is 437. The maximum absolute atomic E-state index is 10.1. The number of carbonyl (C=O) groups is 1. The summed E-state index contributed by atoms with van der Waals surface area (Å²) in [5, 5.41) is 25.2. The number of aliphatic carboxylic acids is 1. The monoisotopic (exact) mass is 476 g/mol. The van der Waals surface area contributed by atoms with Crippen molar-refractivity contribution >= 4 is 5.97 Å². The van der Waals surface area contributed by atoms with E-state index in [1.165, 1.54) is 12.8 Å². The molecule has 2 aliphatic carbocycles. The van der Waals surface area contributed by atoms with Crippen LogP contribution in [-0.4, -0.2) is 74.2 Å². The average Bonchev–Trinajstić information content (AvgIpc) is 3.26. The van der Waals surface area contributed by atoms with E-state index in [2.05, 4.69) is 17.3 Å². The minimum absolute atomic E-state index is 0. The van der Waals surface area contributed by atoms with Crippen LogP contribution in [0.4, 0.5) is 0 Å². The molecular formula is C19H33NO7Y. The fourth-order valence-electron chi connectivity index (χ4n) is 3.21. The van der Waals surface area contributed by atoms with Crippen LogP contribution in [0.2, 0.25) is 0 Å². The van der Waals surface area contributed by atoms with Crippen molar-refractivity contribution in [2.75, 3.05) is 52.8 Å². The van der Waals surface area contributed by atoms with Crippen LogP contribution >= 0.6 is 0 Å². The van der Waals surface area contributed by atoms with Gasteiger partial charge in [-0.15, -0.1) is 11.8 Å². The van der Waals surface area contributed by atoms with Gasteiger partial charge in [-0.05, 0) is 30.6 Å². The number of aliphatic hydroxyl groups excluding tert-OH is 1. The standard InChI is InChI=1S/C10H15NO.C9H18O6.Y/c12-11-7-10-8-5-3-1-2-4-6-9(8)10;10-2-4-14-6-8-15-7-5-13-3-1-9(11)12;/h8-12H,3-7H2;10H,1-8H2,(H,11,12);. The molecule has 0 aromatic heterocycles. The Hall–Kier alpha value is -0.106. The van der Waals surface area contributed by atoms with Gasteiger partial charge in [-0.25, -0.2) is 5.48 Å². The molecule has 4 N–H and O–H groups in total. The number of aliphatic hydroxyl groups is 1. The van der Waals surface area contributed by atoms with E-state index in [-0.39, 0.29) is 52.3 Å². The van der Waals surface area contributed by atoms with Crippen LogP contribution in [-0.2, 0) is 51.7 Å². The summed E-state index contributed by atoms with van der Waals surface area (Å²) in [6, 6.07) is 0. The smallest absolute Gasteiger partial charge is 0.305 e. The molecule has 8 nitrogen and oxygen atoms in total. The Morgan fingerprint density at radius 2 is 1.43 bits per heavy atom. The molecule has 0 saturated heterocycles. The van der Waals surface area contributed by atoms with Crippen molar-refractivity contribution < 1.29 is 67.1 Å². The first-order valence-electron chi connectivity index (χ1n) is 9.59. The molecule has 0 heterocycles. The number of hydroxylamine groups is 1. The van der Waals surface area contributed by atoms with Gasteiger partial charge in [0.25, 0.3) is 0 Å². The third-order valence-electron chi connectivity index (χ3n) is 4.61. The molecule has 2 aliphatic rings. The maximum Gasteiger partial charge on any atom is 0.305 e. The maximum atomic E-state index is 10.1. The van der Waals surface area contributed by atoms with E-state index in [1.807, 2.05) is 0 Å². The van der Waals surface area contributed by atoms with Crippen molar-refractivity contribution in [3.8, 4) is 11.8 Å². The van der Waals surface area contributed by atoms with Gasteiger partial charge in [0.15, 0.2) is 0 Å². The zero-order valence-corrected chi connectivity index (χ0v) is 19.3. The van der Waals surface area contributed by atoms with E-state index >= 15 is 0 Å². The zero-order valence-electron chi connectivity index (χ0n) is 16.5. The molecule has 159 valence electrons. The second-order valence-corrected chi connectivity index (χ2v) is 6.49. The van der Waals surface area contributed by atoms with Crippen molar-refractivity contribution in [3.63, 3.8) is 0 Å². The molecule has 1 fully saturated rings. The fraction of sp³-hybridized carbons (Fsp3) is 0.842. The number of carboxylic acids is 1. The molecule has 0 spiro atoms. The van der Waals surface area contributed by atoms with Crippen LogP contribution < -0.4 is 5.48 Å². The molecular weight excluding hydrogens is 443 g/mol. The molecule has 2 atom stereocenters. The predicted molar refractivity (Wildman–Crippen MR) is 98.3 cm³/mol. The summed E-state index contributed by atoms with van der Waals surface area (Å²) in [7, 11) is 0. The quantitative estimate of drug-likeness (QED) is 0.176. The summed E-state index contributed by atoms with van der Waals surface area (Å²) in [6.45, 7) is 3.00. The van der Waals surface area contributed by atoms with Gasteiger partial charge < -0.3 is 29.6 Å². The molecule has 1 radical (unpaired) electrons. The van der Waals surface area contributed by atoms with E-state index in [4.69, 9.17) is 29.6 Å². The van der Waals surface area contributed by atoms with Crippen LogP contribution in [0.3, 0.4) is 0 Å². The van der Waals surface area contributed by atoms with Crippen molar-refractivity contribution in [2.24, 2.45) is 17.8 Å². The first-order valence-corrected chi connectivity index (χ1v) is 9.59. The van der Waals surface area contributed by atoms with E-state index < -0.39 is 5.97 Å². The van der Waals surface area contributed by atoms with Gasteiger partial charge in [-0.2, -0.15) is 0 Å². The Balaban J connectivity index is 0.000000510. The Morgan fingerprint density at radius 1 is 0.929 bits per heavy atom. The molecule has 9 heteroatoms. The molecule has 0 amide bonds. The Morgan fingerprint density at radius 3 is 1.89 bits per heavy atom. The first-order chi connectivity index (χ1) is 13.2. The second-order valence-electron chi connectivity index (χ2n) is 6.49. The number of ether oxygens (including phenoxy) is 3. The zero-order chi connectivity index (χ0) is 19.7. The summed E-state index contributed by atoms with van der Waals surface area (Å²) in [6.07, 6.45) is 4.61. The van der Waals surface area contributed by atoms with E-state index in [9.17, 15) is 4.79 Å².